The fourth-order valence-electron chi connectivity index (χ4n) is 4.63. The zero-order chi connectivity index (χ0) is 25.1. The molecule has 1 atom stereocenters. The molecule has 202 valence electrons. The van der Waals surface area contributed by atoms with Crippen LogP contribution in [-0.4, -0.2) is 23.1 Å². The number of carboxylic acid groups (broad SMARTS) is 1. The Kier molecular flexibility index (Phi) is 25.7. The second-order valence-electron chi connectivity index (χ2n) is 10.3. The fraction of sp³-hybridized carbons (Fsp3) is 0.933. The third-order valence-corrected chi connectivity index (χ3v) is 6.88. The number of carboxylic acids is 1. The Hall–Kier alpha value is -1.06. The van der Waals surface area contributed by atoms with E-state index in [1.807, 2.05) is 6.92 Å². The molecule has 0 aliphatic rings. The van der Waals surface area contributed by atoms with Crippen molar-refractivity contribution in [2.45, 2.75) is 180 Å². The summed E-state index contributed by atoms with van der Waals surface area (Å²) >= 11 is 0. The molecule has 4 nitrogen and oxygen atoms in total. The van der Waals surface area contributed by atoms with Crippen molar-refractivity contribution in [1.29, 1.82) is 0 Å². The van der Waals surface area contributed by atoms with Crippen molar-refractivity contribution in [3.63, 3.8) is 0 Å². The van der Waals surface area contributed by atoms with Crippen LogP contribution in [0.2, 0.25) is 0 Å². The molecular formula is C30H58O4. The van der Waals surface area contributed by atoms with Gasteiger partial charge >= 0.3 is 11.9 Å². The van der Waals surface area contributed by atoms with Crippen LogP contribution in [0, 0.1) is 0 Å². The lowest BCUT2D eigenvalue weighted by Gasteiger charge is -2.17. The molecule has 0 bridgehead atoms. The maximum absolute atomic E-state index is 11.8. The average Bonchev–Trinajstić information content (AvgIpc) is 2.82. The van der Waals surface area contributed by atoms with Crippen LogP contribution in [0.15, 0.2) is 0 Å². The number of rotatable bonds is 27. The second-order valence-corrected chi connectivity index (χ2v) is 10.3. The highest BCUT2D eigenvalue weighted by atomic mass is 16.5. The van der Waals surface area contributed by atoms with Gasteiger partial charge in [-0.2, -0.15) is 0 Å². The van der Waals surface area contributed by atoms with Crippen LogP contribution >= 0.6 is 0 Å². The number of esters is 1. The summed E-state index contributed by atoms with van der Waals surface area (Å²) in [5.74, 6) is -0.784. The zero-order valence-corrected chi connectivity index (χ0v) is 22.9. The number of carbonyl (C=O) groups excluding carboxylic acids is 1. The fourth-order valence-corrected chi connectivity index (χ4v) is 4.63. The predicted molar refractivity (Wildman–Crippen MR) is 144 cm³/mol. The van der Waals surface area contributed by atoms with Crippen LogP contribution in [0.4, 0.5) is 0 Å². The summed E-state index contributed by atoms with van der Waals surface area (Å²) < 4.78 is 5.67. The molecule has 0 rings (SSSR count). The van der Waals surface area contributed by atoms with Crippen LogP contribution in [-0.2, 0) is 14.3 Å². The molecule has 0 heterocycles. The van der Waals surface area contributed by atoms with Gasteiger partial charge in [0, 0.05) is 12.8 Å². The van der Waals surface area contributed by atoms with Crippen LogP contribution in [0.25, 0.3) is 0 Å². The molecule has 0 aromatic rings. The van der Waals surface area contributed by atoms with E-state index < -0.39 is 5.97 Å². The van der Waals surface area contributed by atoms with Crippen molar-refractivity contribution in [3.8, 4) is 0 Å². The first kappa shape index (κ1) is 32.9. The lowest BCUT2D eigenvalue weighted by Crippen LogP contribution is -2.17. The highest BCUT2D eigenvalue weighted by molar-refractivity contribution is 5.69. The van der Waals surface area contributed by atoms with E-state index in [1.165, 1.54) is 96.3 Å². The molecule has 0 aliphatic heterocycles. The van der Waals surface area contributed by atoms with Crippen LogP contribution in [0.3, 0.4) is 0 Å². The van der Waals surface area contributed by atoms with Crippen molar-refractivity contribution >= 4 is 11.9 Å². The normalized spacial score (nSPS) is 12.1. The molecule has 0 spiro atoms. The number of ether oxygens (including phenoxy) is 1. The lowest BCUT2D eigenvalue weighted by molar-refractivity contribution is -0.149. The van der Waals surface area contributed by atoms with Gasteiger partial charge in [-0.25, -0.2) is 0 Å². The number of hydrogen-bond acceptors (Lipinski definition) is 3. The van der Waals surface area contributed by atoms with Gasteiger partial charge in [0.15, 0.2) is 0 Å². The van der Waals surface area contributed by atoms with Crippen molar-refractivity contribution in [3.05, 3.63) is 0 Å². The maximum atomic E-state index is 11.8. The van der Waals surface area contributed by atoms with E-state index in [1.54, 1.807) is 0 Å². The molecule has 0 radical (unpaired) electrons. The number of aliphatic carboxylic acids is 1. The molecule has 0 saturated heterocycles. The van der Waals surface area contributed by atoms with Crippen molar-refractivity contribution < 1.29 is 19.4 Å². The monoisotopic (exact) mass is 482 g/mol. The summed E-state index contributed by atoms with van der Waals surface area (Å²) in [6.45, 7) is 4.14. The summed E-state index contributed by atoms with van der Waals surface area (Å²) in [5.41, 5.74) is 0. The van der Waals surface area contributed by atoms with Crippen molar-refractivity contribution in [2.75, 3.05) is 0 Å². The van der Waals surface area contributed by atoms with E-state index in [2.05, 4.69) is 6.92 Å². The van der Waals surface area contributed by atoms with E-state index in [4.69, 9.17) is 9.84 Å². The first-order chi connectivity index (χ1) is 16.6. The van der Waals surface area contributed by atoms with Gasteiger partial charge in [-0.3, -0.25) is 9.59 Å². The Bertz CT molecular complexity index is 449. The average molecular weight is 483 g/mol. The summed E-state index contributed by atoms with van der Waals surface area (Å²) in [4.78, 5) is 22.3. The Morgan fingerprint density at radius 3 is 1.26 bits per heavy atom. The van der Waals surface area contributed by atoms with Crippen LogP contribution in [0.5, 0.6) is 0 Å². The number of hydrogen-bond donors (Lipinski definition) is 1. The van der Waals surface area contributed by atoms with Gasteiger partial charge in [-0.1, -0.05) is 129 Å². The van der Waals surface area contributed by atoms with Gasteiger partial charge in [0.2, 0.25) is 0 Å². The van der Waals surface area contributed by atoms with E-state index >= 15 is 0 Å². The van der Waals surface area contributed by atoms with Crippen molar-refractivity contribution in [1.82, 2.24) is 0 Å². The maximum Gasteiger partial charge on any atom is 0.305 e. The molecule has 0 fully saturated rings. The molecule has 0 aromatic carbocycles. The minimum Gasteiger partial charge on any atom is -0.481 e. The molecule has 0 amide bonds. The highest BCUT2D eigenvalue weighted by Gasteiger charge is 2.13. The zero-order valence-electron chi connectivity index (χ0n) is 22.9. The Morgan fingerprint density at radius 1 is 0.559 bits per heavy atom. The van der Waals surface area contributed by atoms with Gasteiger partial charge in [0.05, 0.1) is 0 Å². The third-order valence-electron chi connectivity index (χ3n) is 6.88. The minimum atomic E-state index is -0.703. The van der Waals surface area contributed by atoms with Gasteiger partial charge in [-0.15, -0.1) is 0 Å². The summed E-state index contributed by atoms with van der Waals surface area (Å²) in [7, 11) is 0. The first-order valence-corrected chi connectivity index (χ1v) is 15.0. The summed E-state index contributed by atoms with van der Waals surface area (Å²) in [5, 5.41) is 8.68. The molecule has 1 N–H and O–H groups in total. The molecule has 4 heteroatoms. The summed E-state index contributed by atoms with van der Waals surface area (Å²) in [6.07, 6.45) is 29.7. The molecular weight excluding hydrogens is 424 g/mol. The predicted octanol–water partition coefficient (Wildman–Crippen LogP) is 9.78. The van der Waals surface area contributed by atoms with Gasteiger partial charge in [0.1, 0.15) is 6.10 Å². The topological polar surface area (TPSA) is 63.6 Å². The Morgan fingerprint density at radius 2 is 0.912 bits per heavy atom. The smallest absolute Gasteiger partial charge is 0.305 e. The highest BCUT2D eigenvalue weighted by Crippen LogP contribution is 2.18. The van der Waals surface area contributed by atoms with Crippen LogP contribution < -0.4 is 0 Å². The Balaban J connectivity index is 3.58. The first-order valence-electron chi connectivity index (χ1n) is 15.0. The van der Waals surface area contributed by atoms with E-state index in [0.29, 0.717) is 6.42 Å². The molecule has 34 heavy (non-hydrogen) atoms. The SMILES string of the molecule is CCCCCCCCCCCCCCCCCCC(CCCCCCCC(=O)O)OC(=O)CC. The largest absolute Gasteiger partial charge is 0.481 e. The van der Waals surface area contributed by atoms with Crippen LogP contribution in [0.1, 0.15) is 174 Å². The second kappa shape index (κ2) is 26.5. The number of carbonyl (C=O) groups is 2. The molecule has 0 saturated carbocycles. The quantitative estimate of drug-likeness (QED) is 0.0934. The Labute approximate surface area is 212 Å². The van der Waals surface area contributed by atoms with Gasteiger partial charge < -0.3 is 9.84 Å². The molecule has 0 aromatic heterocycles. The van der Waals surface area contributed by atoms with Gasteiger partial charge in [-0.05, 0) is 32.1 Å². The summed E-state index contributed by atoms with van der Waals surface area (Å²) in [6, 6.07) is 0. The van der Waals surface area contributed by atoms with Crippen molar-refractivity contribution in [2.24, 2.45) is 0 Å². The number of unbranched alkanes of at least 4 members (excludes halogenated alkanes) is 19. The minimum absolute atomic E-state index is 0.0677. The van der Waals surface area contributed by atoms with E-state index in [-0.39, 0.29) is 18.5 Å². The van der Waals surface area contributed by atoms with E-state index in [9.17, 15) is 9.59 Å². The lowest BCUT2D eigenvalue weighted by atomic mass is 10.0. The van der Waals surface area contributed by atoms with Gasteiger partial charge in [0.25, 0.3) is 0 Å². The van der Waals surface area contributed by atoms with E-state index in [0.717, 1.165) is 51.4 Å². The standard InChI is InChI=1S/C30H58O4/c1-3-5-6-7-8-9-10-11-12-13-14-15-16-17-19-22-25-28(34-30(33)4-2)26-23-20-18-21-24-27-29(31)32/h28H,3-27H2,1-2H3,(H,31,32). The molecule has 0 aliphatic carbocycles. The molecule has 1 unspecified atom stereocenters. The third kappa shape index (κ3) is 25.6.